The molecule has 2 N–H and O–H groups in total. The van der Waals surface area contributed by atoms with Gasteiger partial charge in [0.1, 0.15) is 0 Å². The second-order valence-electron chi connectivity index (χ2n) is 3.15. The molecule has 1 aromatic rings. The molecule has 2 rings (SSSR count). The van der Waals surface area contributed by atoms with Crippen LogP contribution in [0.15, 0.2) is 36.9 Å². The molecule has 3 amide bonds. The number of hydrogen-bond acceptors (Lipinski definition) is 3. The van der Waals surface area contributed by atoms with Gasteiger partial charge in [-0.05, 0) is 18.2 Å². The molecule has 0 aromatic heterocycles. The van der Waals surface area contributed by atoms with Crippen LogP contribution in [0.25, 0.3) is 0 Å². The van der Waals surface area contributed by atoms with Gasteiger partial charge in [0.05, 0.1) is 11.1 Å². The Morgan fingerprint density at radius 2 is 1.71 bits per heavy atom. The van der Waals surface area contributed by atoms with E-state index in [2.05, 4.69) is 17.2 Å². The van der Waals surface area contributed by atoms with Crippen LogP contribution in [0.2, 0.25) is 0 Å². The topological polar surface area (TPSA) is 75.3 Å². The van der Waals surface area contributed by atoms with Crippen LogP contribution in [-0.4, -0.2) is 24.8 Å². The first-order valence-corrected chi connectivity index (χ1v) is 4.89. The molecule has 0 saturated heterocycles. The second-order valence-corrected chi connectivity index (χ2v) is 3.15. The monoisotopic (exact) mass is 232 g/mol. The minimum atomic E-state index is -0.300. The molecule has 5 heteroatoms. The fourth-order valence-corrected chi connectivity index (χ4v) is 1.22. The predicted molar refractivity (Wildman–Crippen MR) is 62.5 cm³/mol. The van der Waals surface area contributed by atoms with Gasteiger partial charge in [-0.2, -0.15) is 0 Å². The average molecular weight is 232 g/mol. The minimum Gasteiger partial charge on any atom is -0.356 e. The van der Waals surface area contributed by atoms with Crippen LogP contribution >= 0.6 is 0 Å². The highest BCUT2D eigenvalue weighted by Crippen LogP contribution is 2.13. The van der Waals surface area contributed by atoms with Crippen molar-refractivity contribution in [2.75, 3.05) is 7.05 Å². The van der Waals surface area contributed by atoms with Crippen molar-refractivity contribution in [3.8, 4) is 0 Å². The van der Waals surface area contributed by atoms with E-state index in [0.29, 0.717) is 11.1 Å². The molecule has 0 spiro atoms. The maximum Gasteiger partial charge on any atom is 0.258 e. The van der Waals surface area contributed by atoms with Crippen LogP contribution in [0.3, 0.4) is 0 Å². The van der Waals surface area contributed by atoms with E-state index in [1.807, 2.05) is 0 Å². The molecular weight excluding hydrogens is 220 g/mol. The molecule has 1 aromatic carbocycles. The summed E-state index contributed by atoms with van der Waals surface area (Å²) in [6, 6.07) is 6.74. The first-order valence-electron chi connectivity index (χ1n) is 4.89. The summed E-state index contributed by atoms with van der Waals surface area (Å²) in [4.78, 5) is 31.8. The summed E-state index contributed by atoms with van der Waals surface area (Å²) in [5.74, 6) is -0.744. The molecule has 0 aliphatic carbocycles. The van der Waals surface area contributed by atoms with E-state index in [1.54, 1.807) is 31.3 Å². The maximum atomic E-state index is 10.9. The van der Waals surface area contributed by atoms with Gasteiger partial charge in [0, 0.05) is 7.05 Å². The summed E-state index contributed by atoms with van der Waals surface area (Å²) in [6.07, 6.45) is 1.22. The molecule has 0 atom stereocenters. The number of hydrogen-bond donors (Lipinski definition) is 2. The third kappa shape index (κ3) is 3.01. The summed E-state index contributed by atoms with van der Waals surface area (Å²) in [5, 5.41) is 4.56. The van der Waals surface area contributed by atoms with Crippen molar-refractivity contribution in [1.29, 1.82) is 0 Å². The average Bonchev–Trinajstić information content (AvgIpc) is 2.66. The highest BCUT2D eigenvalue weighted by atomic mass is 16.2. The number of amides is 3. The van der Waals surface area contributed by atoms with Crippen molar-refractivity contribution in [2.24, 2.45) is 0 Å². The van der Waals surface area contributed by atoms with Gasteiger partial charge in [0.2, 0.25) is 5.91 Å². The van der Waals surface area contributed by atoms with Crippen molar-refractivity contribution in [1.82, 2.24) is 10.6 Å². The normalized spacial score (nSPS) is 11.8. The Hall–Kier alpha value is -2.43. The summed E-state index contributed by atoms with van der Waals surface area (Å²) >= 11 is 0. The lowest BCUT2D eigenvalue weighted by atomic mass is 10.1. The van der Waals surface area contributed by atoms with Gasteiger partial charge in [0.25, 0.3) is 11.8 Å². The molecule has 0 fully saturated rings. The third-order valence-corrected chi connectivity index (χ3v) is 2.08. The zero-order valence-corrected chi connectivity index (χ0v) is 9.32. The number of carbonyl (C=O) groups is 3. The first kappa shape index (κ1) is 12.6. The molecule has 5 nitrogen and oxygen atoms in total. The molecule has 88 valence electrons. The molecule has 1 aliphatic rings. The number of carbonyl (C=O) groups excluding carboxylic acids is 3. The Labute approximate surface area is 98.5 Å². The fraction of sp³-hybridized carbons (Fsp3) is 0.0833. The summed E-state index contributed by atoms with van der Waals surface area (Å²) in [6.45, 7) is 3.22. The summed E-state index contributed by atoms with van der Waals surface area (Å²) in [5.41, 5.74) is 0.940. The van der Waals surface area contributed by atoms with E-state index in [9.17, 15) is 14.4 Å². The lowest BCUT2D eigenvalue weighted by Gasteiger charge is -1.88. The molecule has 1 heterocycles. The fourth-order valence-electron chi connectivity index (χ4n) is 1.22. The van der Waals surface area contributed by atoms with Crippen molar-refractivity contribution in [3.05, 3.63) is 48.0 Å². The van der Waals surface area contributed by atoms with Crippen molar-refractivity contribution in [3.63, 3.8) is 0 Å². The van der Waals surface area contributed by atoms with Gasteiger partial charge in [-0.1, -0.05) is 18.7 Å². The Bertz CT molecular complexity index is 447. The Morgan fingerprint density at radius 3 is 2.00 bits per heavy atom. The maximum absolute atomic E-state index is 10.9. The summed E-state index contributed by atoms with van der Waals surface area (Å²) < 4.78 is 0. The van der Waals surface area contributed by atoms with Crippen LogP contribution in [0.1, 0.15) is 20.7 Å². The number of benzene rings is 1. The highest BCUT2D eigenvalue weighted by molar-refractivity contribution is 6.21. The first-order chi connectivity index (χ1) is 8.10. The van der Waals surface area contributed by atoms with Crippen molar-refractivity contribution >= 4 is 17.7 Å². The number of likely N-dealkylation sites (N-methyl/N-ethyl adjacent to an activating group) is 1. The molecule has 17 heavy (non-hydrogen) atoms. The Kier molecular flexibility index (Phi) is 4.16. The van der Waals surface area contributed by atoms with Crippen LogP contribution in [0, 0.1) is 0 Å². The van der Waals surface area contributed by atoms with Gasteiger partial charge in [-0.15, -0.1) is 0 Å². The van der Waals surface area contributed by atoms with Gasteiger partial charge in [-0.3, -0.25) is 19.7 Å². The van der Waals surface area contributed by atoms with Gasteiger partial charge in [0.15, 0.2) is 0 Å². The number of rotatable bonds is 1. The van der Waals surface area contributed by atoms with E-state index in [-0.39, 0.29) is 17.7 Å². The third-order valence-electron chi connectivity index (χ3n) is 2.08. The van der Waals surface area contributed by atoms with E-state index in [0.717, 1.165) is 0 Å². The van der Waals surface area contributed by atoms with E-state index < -0.39 is 0 Å². The second kappa shape index (κ2) is 5.60. The van der Waals surface area contributed by atoms with Crippen LogP contribution in [0.5, 0.6) is 0 Å². The quantitative estimate of drug-likeness (QED) is 0.546. The lowest BCUT2D eigenvalue weighted by Crippen LogP contribution is -2.19. The largest absolute Gasteiger partial charge is 0.356 e. The zero-order chi connectivity index (χ0) is 12.8. The van der Waals surface area contributed by atoms with Gasteiger partial charge < -0.3 is 5.32 Å². The van der Waals surface area contributed by atoms with Crippen LogP contribution < -0.4 is 10.6 Å². The molecular formula is C12H12N2O3. The van der Waals surface area contributed by atoms with Crippen LogP contribution in [0.4, 0.5) is 0 Å². The van der Waals surface area contributed by atoms with Crippen molar-refractivity contribution < 1.29 is 14.4 Å². The lowest BCUT2D eigenvalue weighted by molar-refractivity contribution is -0.116. The zero-order valence-electron chi connectivity index (χ0n) is 9.32. The van der Waals surface area contributed by atoms with E-state index in [4.69, 9.17) is 0 Å². The predicted octanol–water partition coefficient (Wildman–Crippen LogP) is 0.489. The summed E-state index contributed by atoms with van der Waals surface area (Å²) in [7, 11) is 1.56. The highest BCUT2D eigenvalue weighted by Gasteiger charge is 2.25. The molecule has 0 bridgehead atoms. The number of imide groups is 1. The number of nitrogens with one attached hydrogen (secondary N) is 2. The Morgan fingerprint density at radius 1 is 1.24 bits per heavy atom. The SMILES string of the molecule is C=CC(=O)NC.O=C1NC(=O)c2ccccc21. The van der Waals surface area contributed by atoms with Crippen LogP contribution in [-0.2, 0) is 4.79 Å². The van der Waals surface area contributed by atoms with Crippen molar-refractivity contribution in [2.45, 2.75) is 0 Å². The van der Waals surface area contributed by atoms with E-state index in [1.165, 1.54) is 6.08 Å². The number of fused-ring (bicyclic) bond motifs is 1. The molecule has 1 aliphatic heterocycles. The smallest absolute Gasteiger partial charge is 0.258 e. The molecule has 0 unspecified atom stereocenters. The standard InChI is InChI=1S/C8H5NO2.C4H7NO/c10-7-5-3-1-2-4-6(5)8(11)9-7;1-3-4(6)5-2/h1-4H,(H,9,10,11);3H,1H2,2H3,(H,5,6). The van der Waals surface area contributed by atoms with Gasteiger partial charge >= 0.3 is 0 Å². The minimum absolute atomic E-state index is 0.144. The molecule has 0 saturated carbocycles. The Balaban J connectivity index is 0.000000209. The van der Waals surface area contributed by atoms with Gasteiger partial charge in [-0.25, -0.2) is 0 Å². The molecule has 0 radical (unpaired) electrons. The van der Waals surface area contributed by atoms with E-state index >= 15 is 0 Å².